The van der Waals surface area contributed by atoms with E-state index in [9.17, 15) is 4.79 Å². The molecule has 6 heteroatoms. The molecule has 1 unspecified atom stereocenters. The van der Waals surface area contributed by atoms with E-state index in [2.05, 4.69) is 33.5 Å². The molecule has 0 fully saturated rings. The van der Waals surface area contributed by atoms with E-state index >= 15 is 0 Å². The maximum Gasteiger partial charge on any atom is 0.304 e. The summed E-state index contributed by atoms with van der Waals surface area (Å²) in [6.45, 7) is 6.83. The second-order valence-electron chi connectivity index (χ2n) is 5.32. The first-order valence-corrected chi connectivity index (χ1v) is 7.62. The molecule has 2 aromatic rings. The van der Waals surface area contributed by atoms with Gasteiger partial charge in [-0.15, -0.1) is 11.3 Å². The summed E-state index contributed by atoms with van der Waals surface area (Å²) in [7, 11) is 1.97. The SMILES string of the molecule is Cc1nc2scc(C)n2c1CC(C)N(C)CCC(=O)O. The molecule has 0 saturated heterocycles. The highest BCUT2D eigenvalue weighted by Gasteiger charge is 2.17. The van der Waals surface area contributed by atoms with E-state index in [4.69, 9.17) is 5.11 Å². The Bertz CT molecular complexity index is 617. The lowest BCUT2D eigenvalue weighted by Crippen LogP contribution is -2.33. The summed E-state index contributed by atoms with van der Waals surface area (Å²) >= 11 is 1.66. The van der Waals surface area contributed by atoms with E-state index in [1.807, 2.05) is 14.0 Å². The van der Waals surface area contributed by atoms with Crippen LogP contribution in [0.25, 0.3) is 4.96 Å². The Hall–Kier alpha value is -1.40. The minimum atomic E-state index is -0.749. The molecular formula is C14H21N3O2S. The highest BCUT2D eigenvalue weighted by Crippen LogP contribution is 2.22. The summed E-state index contributed by atoms with van der Waals surface area (Å²) in [6.07, 6.45) is 1.06. The Balaban J connectivity index is 2.13. The van der Waals surface area contributed by atoms with Gasteiger partial charge in [0.05, 0.1) is 12.1 Å². The van der Waals surface area contributed by atoms with Crippen molar-refractivity contribution in [2.45, 2.75) is 39.7 Å². The largest absolute Gasteiger partial charge is 0.481 e. The number of carboxylic acids is 1. The Morgan fingerprint density at radius 3 is 2.90 bits per heavy atom. The van der Waals surface area contributed by atoms with E-state index in [1.54, 1.807) is 11.3 Å². The third-order valence-electron chi connectivity index (χ3n) is 3.75. The molecule has 0 saturated carbocycles. The molecule has 2 aromatic heterocycles. The maximum absolute atomic E-state index is 10.6. The summed E-state index contributed by atoms with van der Waals surface area (Å²) in [5, 5.41) is 10.9. The third kappa shape index (κ3) is 3.02. The van der Waals surface area contributed by atoms with Gasteiger partial charge in [0.25, 0.3) is 0 Å². The van der Waals surface area contributed by atoms with Crippen molar-refractivity contribution in [1.82, 2.24) is 14.3 Å². The van der Waals surface area contributed by atoms with Gasteiger partial charge in [0, 0.05) is 35.8 Å². The molecule has 0 radical (unpaired) electrons. The zero-order valence-corrected chi connectivity index (χ0v) is 13.2. The fraction of sp³-hybridized carbons (Fsp3) is 0.571. The molecule has 0 aromatic carbocycles. The second kappa shape index (κ2) is 5.93. The molecule has 0 amide bonds. The van der Waals surface area contributed by atoms with Gasteiger partial charge in [-0.3, -0.25) is 9.20 Å². The van der Waals surface area contributed by atoms with E-state index in [-0.39, 0.29) is 12.5 Å². The van der Waals surface area contributed by atoms with Crippen LogP contribution >= 0.6 is 11.3 Å². The molecule has 0 aliphatic carbocycles. The number of hydrogen-bond donors (Lipinski definition) is 1. The smallest absolute Gasteiger partial charge is 0.304 e. The van der Waals surface area contributed by atoms with Crippen LogP contribution in [-0.2, 0) is 11.2 Å². The van der Waals surface area contributed by atoms with Crippen molar-refractivity contribution in [3.05, 3.63) is 22.5 Å². The van der Waals surface area contributed by atoms with Crippen LogP contribution in [0.15, 0.2) is 5.38 Å². The highest BCUT2D eigenvalue weighted by atomic mass is 32.1. The van der Waals surface area contributed by atoms with Crippen molar-refractivity contribution >= 4 is 22.3 Å². The Labute approximate surface area is 122 Å². The van der Waals surface area contributed by atoms with Gasteiger partial charge in [0.15, 0.2) is 4.96 Å². The number of fused-ring (bicyclic) bond motifs is 1. The molecule has 110 valence electrons. The Morgan fingerprint density at radius 2 is 2.25 bits per heavy atom. The summed E-state index contributed by atoms with van der Waals surface area (Å²) < 4.78 is 2.21. The lowest BCUT2D eigenvalue weighted by molar-refractivity contribution is -0.137. The molecule has 5 nitrogen and oxygen atoms in total. The van der Waals surface area contributed by atoms with Crippen molar-refractivity contribution < 1.29 is 9.90 Å². The maximum atomic E-state index is 10.6. The van der Waals surface area contributed by atoms with E-state index < -0.39 is 5.97 Å². The van der Waals surface area contributed by atoms with Gasteiger partial charge in [-0.25, -0.2) is 4.98 Å². The molecule has 0 aliphatic heterocycles. The molecule has 0 aliphatic rings. The first-order valence-electron chi connectivity index (χ1n) is 6.74. The lowest BCUT2D eigenvalue weighted by Gasteiger charge is -2.24. The van der Waals surface area contributed by atoms with Crippen LogP contribution in [-0.4, -0.2) is 45.0 Å². The van der Waals surface area contributed by atoms with Crippen molar-refractivity contribution in [3.8, 4) is 0 Å². The number of aromatic nitrogens is 2. The van der Waals surface area contributed by atoms with E-state index in [1.165, 1.54) is 11.4 Å². The van der Waals surface area contributed by atoms with Crippen molar-refractivity contribution in [2.75, 3.05) is 13.6 Å². The first-order chi connectivity index (χ1) is 9.40. The van der Waals surface area contributed by atoms with Gasteiger partial charge in [-0.1, -0.05) is 0 Å². The molecule has 0 bridgehead atoms. The minimum Gasteiger partial charge on any atom is -0.481 e. The molecule has 1 N–H and O–H groups in total. The summed E-state index contributed by atoms with van der Waals surface area (Å²) in [6, 6.07) is 0.284. The van der Waals surface area contributed by atoms with Crippen LogP contribution in [0, 0.1) is 13.8 Å². The van der Waals surface area contributed by atoms with E-state index in [0.717, 1.165) is 17.1 Å². The summed E-state index contributed by atoms with van der Waals surface area (Å²) in [5.74, 6) is -0.749. The topological polar surface area (TPSA) is 57.8 Å². The molecule has 2 heterocycles. The van der Waals surface area contributed by atoms with Gasteiger partial charge in [-0.05, 0) is 27.8 Å². The van der Waals surface area contributed by atoms with Gasteiger partial charge < -0.3 is 10.0 Å². The van der Waals surface area contributed by atoms with Crippen LogP contribution in [0.5, 0.6) is 0 Å². The van der Waals surface area contributed by atoms with Crippen LogP contribution in [0.4, 0.5) is 0 Å². The lowest BCUT2D eigenvalue weighted by atomic mass is 10.1. The average molecular weight is 295 g/mol. The number of imidazole rings is 1. The molecule has 1 atom stereocenters. The fourth-order valence-corrected chi connectivity index (χ4v) is 3.27. The standard InChI is InChI=1S/C14H21N3O2S/c1-9(16(4)6-5-13(18)19)7-12-11(3)15-14-17(12)10(2)8-20-14/h8-9H,5-7H2,1-4H3,(H,18,19). The third-order valence-corrected chi connectivity index (χ3v) is 4.69. The number of thiazole rings is 1. The number of aryl methyl sites for hydroxylation is 2. The second-order valence-corrected chi connectivity index (χ2v) is 6.15. The molecule has 2 rings (SSSR count). The number of aliphatic carboxylic acids is 1. The number of rotatable bonds is 6. The monoisotopic (exact) mass is 295 g/mol. The number of carboxylic acid groups (broad SMARTS) is 1. The predicted molar refractivity (Wildman–Crippen MR) is 80.6 cm³/mol. The number of nitrogens with zero attached hydrogens (tertiary/aromatic N) is 3. The van der Waals surface area contributed by atoms with E-state index in [0.29, 0.717) is 6.54 Å². The number of carbonyl (C=O) groups is 1. The average Bonchev–Trinajstić information content (AvgIpc) is 2.88. The summed E-state index contributed by atoms with van der Waals surface area (Å²) in [4.78, 5) is 18.4. The summed E-state index contributed by atoms with van der Waals surface area (Å²) in [5.41, 5.74) is 3.51. The Morgan fingerprint density at radius 1 is 1.55 bits per heavy atom. The number of likely N-dealkylation sites (N-methyl/N-ethyl adjacent to an activating group) is 1. The van der Waals surface area contributed by atoms with Crippen molar-refractivity contribution in [1.29, 1.82) is 0 Å². The highest BCUT2D eigenvalue weighted by molar-refractivity contribution is 7.15. The molecule has 20 heavy (non-hydrogen) atoms. The van der Waals surface area contributed by atoms with Gasteiger partial charge >= 0.3 is 5.97 Å². The molecular weight excluding hydrogens is 274 g/mol. The first kappa shape index (κ1) is 15.0. The van der Waals surface area contributed by atoms with Crippen LogP contribution in [0.1, 0.15) is 30.4 Å². The quantitative estimate of drug-likeness (QED) is 0.889. The Kier molecular flexibility index (Phi) is 4.45. The minimum absolute atomic E-state index is 0.180. The van der Waals surface area contributed by atoms with Crippen LogP contribution < -0.4 is 0 Å². The normalized spacial score (nSPS) is 13.2. The van der Waals surface area contributed by atoms with Crippen molar-refractivity contribution in [3.63, 3.8) is 0 Å². The van der Waals surface area contributed by atoms with Gasteiger partial charge in [-0.2, -0.15) is 0 Å². The number of hydrogen-bond acceptors (Lipinski definition) is 4. The fourth-order valence-electron chi connectivity index (χ4n) is 2.34. The zero-order valence-electron chi connectivity index (χ0n) is 12.4. The molecule has 0 spiro atoms. The van der Waals surface area contributed by atoms with Crippen LogP contribution in [0.2, 0.25) is 0 Å². The zero-order chi connectivity index (χ0) is 14.9. The predicted octanol–water partition coefficient (Wildman–Crippen LogP) is 2.35. The van der Waals surface area contributed by atoms with Crippen molar-refractivity contribution in [2.24, 2.45) is 0 Å². The van der Waals surface area contributed by atoms with Gasteiger partial charge in [0.2, 0.25) is 0 Å². The van der Waals surface area contributed by atoms with Crippen LogP contribution in [0.3, 0.4) is 0 Å². The van der Waals surface area contributed by atoms with Gasteiger partial charge in [0.1, 0.15) is 0 Å².